The Morgan fingerprint density at radius 3 is 2.54 bits per heavy atom. The van der Waals surface area contributed by atoms with Crippen LogP contribution < -0.4 is 5.32 Å². The summed E-state index contributed by atoms with van der Waals surface area (Å²) >= 11 is 7.72. The number of carbonyl (C=O) groups excluding carboxylic acids is 1. The Morgan fingerprint density at radius 2 is 1.88 bits per heavy atom. The van der Waals surface area contributed by atoms with Crippen LogP contribution >= 0.6 is 23.4 Å². The fourth-order valence-electron chi connectivity index (χ4n) is 2.66. The summed E-state index contributed by atoms with van der Waals surface area (Å²) in [6.45, 7) is 5.86. The lowest BCUT2D eigenvalue weighted by Gasteiger charge is -2.22. The average Bonchev–Trinajstić information content (AvgIpc) is 2.83. The molecular formula is C18H18ClN3OS. The van der Waals surface area contributed by atoms with Crippen LogP contribution in [-0.2, 0) is 15.1 Å². The van der Waals surface area contributed by atoms with Crippen LogP contribution in [-0.4, -0.2) is 16.1 Å². The topological polar surface area (TPSA) is 54.4 Å². The summed E-state index contributed by atoms with van der Waals surface area (Å²) in [5, 5.41) is 4.16. The second kappa shape index (κ2) is 6.22. The molecule has 6 heteroatoms. The summed E-state index contributed by atoms with van der Waals surface area (Å²) in [5.41, 5.74) is 1.28. The van der Waals surface area contributed by atoms with Crippen molar-refractivity contribution in [2.45, 2.75) is 31.1 Å². The zero-order valence-electron chi connectivity index (χ0n) is 13.7. The highest BCUT2D eigenvalue weighted by Crippen LogP contribution is 2.42. The Balaban J connectivity index is 1.93. The highest BCUT2D eigenvalue weighted by atomic mass is 35.5. The molecule has 1 aliphatic heterocycles. The van der Waals surface area contributed by atoms with E-state index < -0.39 is 10.3 Å². The molecule has 1 aromatic heterocycles. The van der Waals surface area contributed by atoms with E-state index in [1.54, 1.807) is 12.4 Å². The maximum atomic E-state index is 12.5. The number of amidine groups is 1. The molecule has 2 heterocycles. The first-order valence-electron chi connectivity index (χ1n) is 7.59. The third kappa shape index (κ3) is 3.06. The van der Waals surface area contributed by atoms with Crippen molar-refractivity contribution < 1.29 is 4.79 Å². The number of hydrogen-bond acceptors (Lipinski definition) is 4. The summed E-state index contributed by atoms with van der Waals surface area (Å²) in [7, 11) is 0. The van der Waals surface area contributed by atoms with E-state index in [1.165, 1.54) is 11.8 Å². The molecule has 0 bridgehead atoms. The highest BCUT2D eigenvalue weighted by molar-refractivity contribution is 8.15. The molecule has 24 heavy (non-hydrogen) atoms. The number of rotatable bonds is 3. The Morgan fingerprint density at radius 1 is 1.21 bits per heavy atom. The lowest BCUT2D eigenvalue weighted by molar-refractivity contribution is -0.121. The summed E-state index contributed by atoms with van der Waals surface area (Å²) in [5.74, 6) is -0.0765. The van der Waals surface area contributed by atoms with Crippen molar-refractivity contribution in [3.05, 3.63) is 64.9 Å². The molecule has 1 N–H and O–H groups in total. The van der Waals surface area contributed by atoms with E-state index in [4.69, 9.17) is 16.6 Å². The lowest BCUT2D eigenvalue weighted by Crippen LogP contribution is -2.32. The van der Waals surface area contributed by atoms with Crippen molar-refractivity contribution in [3.63, 3.8) is 0 Å². The molecule has 1 unspecified atom stereocenters. The molecule has 1 aliphatic rings. The van der Waals surface area contributed by atoms with Gasteiger partial charge in [-0.05, 0) is 50.1 Å². The standard InChI is InChI=1S/C18H18ClN3OS/c1-17(2,13-6-4-5-7-14(13)19)22-16-21-15(23)18(3,24-16)12-8-10-20-11-9-12/h4-11H,1-3H3,(H,21,22,23). The van der Waals surface area contributed by atoms with Crippen molar-refractivity contribution >= 4 is 34.4 Å². The first-order valence-corrected chi connectivity index (χ1v) is 8.78. The van der Waals surface area contributed by atoms with Gasteiger partial charge in [-0.3, -0.25) is 14.8 Å². The van der Waals surface area contributed by atoms with Crippen molar-refractivity contribution in [1.82, 2.24) is 10.3 Å². The molecule has 124 valence electrons. The largest absolute Gasteiger partial charge is 0.304 e. The van der Waals surface area contributed by atoms with Crippen LogP contribution in [0.15, 0.2) is 53.8 Å². The van der Waals surface area contributed by atoms with Crippen LogP contribution in [0.2, 0.25) is 5.02 Å². The van der Waals surface area contributed by atoms with Gasteiger partial charge in [0, 0.05) is 17.4 Å². The minimum absolute atomic E-state index is 0.0765. The van der Waals surface area contributed by atoms with E-state index in [1.807, 2.05) is 57.2 Å². The second-order valence-electron chi connectivity index (χ2n) is 6.28. The molecule has 4 nitrogen and oxygen atoms in total. The lowest BCUT2D eigenvalue weighted by atomic mass is 9.95. The molecule has 0 radical (unpaired) electrons. The Hall–Kier alpha value is -1.85. The van der Waals surface area contributed by atoms with E-state index >= 15 is 0 Å². The number of nitrogens with zero attached hydrogens (tertiary/aromatic N) is 2. The van der Waals surface area contributed by atoms with Crippen molar-refractivity contribution in [2.75, 3.05) is 0 Å². The van der Waals surface area contributed by atoms with E-state index in [0.29, 0.717) is 10.2 Å². The van der Waals surface area contributed by atoms with Crippen molar-refractivity contribution in [2.24, 2.45) is 4.99 Å². The van der Waals surface area contributed by atoms with Gasteiger partial charge >= 0.3 is 0 Å². The van der Waals surface area contributed by atoms with Gasteiger partial charge in [-0.2, -0.15) is 0 Å². The molecular weight excluding hydrogens is 342 g/mol. The molecule has 1 saturated heterocycles. The average molecular weight is 360 g/mol. The van der Waals surface area contributed by atoms with Gasteiger partial charge in [0.15, 0.2) is 5.17 Å². The first-order chi connectivity index (χ1) is 11.3. The van der Waals surface area contributed by atoms with Crippen molar-refractivity contribution in [3.8, 4) is 0 Å². The van der Waals surface area contributed by atoms with Crippen LogP contribution in [0.3, 0.4) is 0 Å². The third-order valence-corrected chi connectivity index (χ3v) is 5.65. The van der Waals surface area contributed by atoms with Crippen LogP contribution in [0, 0.1) is 0 Å². The number of halogens is 1. The van der Waals surface area contributed by atoms with Gasteiger partial charge in [-0.25, -0.2) is 0 Å². The van der Waals surface area contributed by atoms with Gasteiger partial charge in [0.05, 0.1) is 5.54 Å². The minimum atomic E-state index is -0.710. The van der Waals surface area contributed by atoms with Crippen molar-refractivity contribution in [1.29, 1.82) is 0 Å². The number of nitrogens with one attached hydrogen (secondary N) is 1. The van der Waals surface area contributed by atoms with Crippen LogP contribution in [0.5, 0.6) is 0 Å². The predicted molar refractivity (Wildman–Crippen MR) is 99.2 cm³/mol. The number of amides is 1. The van der Waals surface area contributed by atoms with Gasteiger partial charge in [-0.15, -0.1) is 0 Å². The number of aromatic nitrogens is 1. The number of carbonyl (C=O) groups is 1. The molecule has 3 rings (SSSR count). The second-order valence-corrected chi connectivity index (χ2v) is 8.10. The number of pyridine rings is 1. The molecule has 1 aromatic carbocycles. The smallest absolute Gasteiger partial charge is 0.246 e. The molecule has 0 spiro atoms. The minimum Gasteiger partial charge on any atom is -0.304 e. The number of hydrogen-bond donors (Lipinski definition) is 1. The molecule has 1 amide bonds. The van der Waals surface area contributed by atoms with E-state index in [0.717, 1.165) is 11.1 Å². The molecule has 1 fully saturated rings. The van der Waals surface area contributed by atoms with Gasteiger partial charge in [0.2, 0.25) is 5.91 Å². The van der Waals surface area contributed by atoms with Crippen LogP contribution in [0.4, 0.5) is 0 Å². The molecule has 1 atom stereocenters. The Kier molecular flexibility index (Phi) is 4.40. The Labute approximate surface area is 150 Å². The Bertz CT molecular complexity index is 807. The zero-order chi connectivity index (χ0) is 17.4. The monoisotopic (exact) mass is 359 g/mol. The SMILES string of the molecule is CC(C)(N=C1NC(=O)C(C)(c2ccncc2)S1)c1ccccc1Cl. The van der Waals surface area contributed by atoms with Gasteiger partial charge < -0.3 is 5.32 Å². The number of benzene rings is 1. The third-order valence-electron chi connectivity index (χ3n) is 4.10. The van der Waals surface area contributed by atoms with Crippen LogP contribution in [0.1, 0.15) is 31.9 Å². The molecule has 0 saturated carbocycles. The molecule has 0 aliphatic carbocycles. The summed E-state index contributed by atoms with van der Waals surface area (Å²) < 4.78 is -0.710. The summed E-state index contributed by atoms with van der Waals surface area (Å²) in [4.78, 5) is 21.3. The zero-order valence-corrected chi connectivity index (χ0v) is 15.3. The molecule has 2 aromatic rings. The summed E-state index contributed by atoms with van der Waals surface area (Å²) in [6.07, 6.45) is 3.38. The van der Waals surface area contributed by atoms with E-state index in [-0.39, 0.29) is 5.91 Å². The van der Waals surface area contributed by atoms with Gasteiger partial charge in [-0.1, -0.05) is 41.6 Å². The maximum absolute atomic E-state index is 12.5. The highest BCUT2D eigenvalue weighted by Gasteiger charge is 2.44. The van der Waals surface area contributed by atoms with E-state index in [9.17, 15) is 4.79 Å². The number of thioether (sulfide) groups is 1. The normalized spacial score (nSPS) is 22.7. The van der Waals surface area contributed by atoms with Gasteiger partial charge in [0.25, 0.3) is 0 Å². The number of aliphatic imine (C=N–C) groups is 1. The maximum Gasteiger partial charge on any atom is 0.246 e. The van der Waals surface area contributed by atoms with E-state index in [2.05, 4.69) is 10.3 Å². The fourth-order valence-corrected chi connectivity index (χ4v) is 4.23. The van der Waals surface area contributed by atoms with Crippen LogP contribution in [0.25, 0.3) is 0 Å². The summed E-state index contributed by atoms with van der Waals surface area (Å²) in [6, 6.07) is 11.3. The predicted octanol–water partition coefficient (Wildman–Crippen LogP) is 4.10. The van der Waals surface area contributed by atoms with Gasteiger partial charge in [0.1, 0.15) is 4.75 Å². The quantitative estimate of drug-likeness (QED) is 0.897. The first kappa shape index (κ1) is 17.0. The fraction of sp³-hybridized carbons (Fsp3) is 0.278.